The quantitative estimate of drug-likeness (QED) is 0.765. The molecule has 0 saturated heterocycles. The molecule has 4 rings (SSSR count). The molecule has 0 radical (unpaired) electrons. The van der Waals surface area contributed by atoms with E-state index < -0.39 is 5.92 Å². The van der Waals surface area contributed by atoms with E-state index in [0.717, 1.165) is 0 Å². The van der Waals surface area contributed by atoms with Crippen molar-refractivity contribution in [1.82, 2.24) is 0 Å². The third-order valence-corrected chi connectivity index (χ3v) is 5.07. The van der Waals surface area contributed by atoms with Crippen molar-refractivity contribution in [2.75, 3.05) is 13.9 Å². The van der Waals surface area contributed by atoms with E-state index in [1.54, 1.807) is 31.4 Å². The Bertz CT molecular complexity index is 1000. The molecule has 26 heavy (non-hydrogen) atoms. The smallest absolute Gasteiger partial charge is 0.231 e. The summed E-state index contributed by atoms with van der Waals surface area (Å²) in [5.41, 5.74) is 7.69. The van der Waals surface area contributed by atoms with Gasteiger partial charge in [0.15, 0.2) is 11.5 Å². The predicted molar refractivity (Wildman–Crippen MR) is 97.6 cm³/mol. The fourth-order valence-electron chi connectivity index (χ4n) is 3.18. The Morgan fingerprint density at radius 3 is 2.62 bits per heavy atom. The van der Waals surface area contributed by atoms with Gasteiger partial charge in [-0.15, -0.1) is 0 Å². The molecule has 0 amide bonds. The number of rotatable bonds is 2. The third-order valence-electron chi connectivity index (χ3n) is 4.26. The van der Waals surface area contributed by atoms with Gasteiger partial charge in [-0.3, -0.25) is 0 Å². The maximum Gasteiger partial charge on any atom is 0.231 e. The van der Waals surface area contributed by atoms with Crippen LogP contribution in [0, 0.1) is 11.3 Å². The van der Waals surface area contributed by atoms with Gasteiger partial charge in [-0.05, 0) is 34.1 Å². The molecule has 8 heteroatoms. The molecule has 0 spiro atoms. The van der Waals surface area contributed by atoms with E-state index in [1.165, 1.54) is 0 Å². The van der Waals surface area contributed by atoms with Gasteiger partial charge < -0.3 is 24.7 Å². The monoisotopic (exact) mass is 434 g/mol. The number of halogens is 2. The van der Waals surface area contributed by atoms with Crippen LogP contribution in [0.2, 0.25) is 5.02 Å². The molecule has 6 nitrogen and oxygen atoms in total. The van der Waals surface area contributed by atoms with Gasteiger partial charge in [0.1, 0.15) is 23.1 Å². The molecule has 0 aromatic heterocycles. The van der Waals surface area contributed by atoms with Crippen LogP contribution in [0.1, 0.15) is 17.0 Å². The highest BCUT2D eigenvalue weighted by Gasteiger charge is 2.35. The van der Waals surface area contributed by atoms with Gasteiger partial charge in [0.25, 0.3) is 0 Å². The molecule has 2 aromatic rings. The van der Waals surface area contributed by atoms with Gasteiger partial charge >= 0.3 is 0 Å². The van der Waals surface area contributed by atoms with E-state index in [-0.39, 0.29) is 18.2 Å². The predicted octanol–water partition coefficient (Wildman–Crippen LogP) is 4.06. The molecule has 0 bridgehead atoms. The van der Waals surface area contributed by atoms with Gasteiger partial charge in [-0.1, -0.05) is 11.6 Å². The third kappa shape index (κ3) is 2.54. The summed E-state index contributed by atoms with van der Waals surface area (Å²) < 4.78 is 22.8. The summed E-state index contributed by atoms with van der Waals surface area (Å²) in [6, 6.07) is 9.12. The maximum atomic E-state index is 9.71. The van der Waals surface area contributed by atoms with Crippen LogP contribution >= 0.6 is 27.5 Å². The summed E-state index contributed by atoms with van der Waals surface area (Å²) in [6.45, 7) is 0.128. The van der Waals surface area contributed by atoms with Crippen LogP contribution < -0.4 is 24.7 Å². The number of hydrogen-bond acceptors (Lipinski definition) is 6. The first-order chi connectivity index (χ1) is 12.5. The minimum Gasteiger partial charge on any atom is -0.495 e. The molecule has 0 aliphatic carbocycles. The van der Waals surface area contributed by atoms with Crippen LogP contribution in [0.25, 0.3) is 0 Å². The van der Waals surface area contributed by atoms with E-state index in [4.69, 9.17) is 36.3 Å². The van der Waals surface area contributed by atoms with Crippen LogP contribution in [0.5, 0.6) is 23.0 Å². The number of allylic oxidation sites excluding steroid dienone is 1. The topological polar surface area (TPSA) is 86.7 Å². The van der Waals surface area contributed by atoms with E-state index in [1.807, 2.05) is 0 Å². The summed E-state index contributed by atoms with van der Waals surface area (Å²) >= 11 is 9.71. The molecule has 2 aliphatic rings. The van der Waals surface area contributed by atoms with Crippen molar-refractivity contribution >= 4 is 27.5 Å². The number of ether oxygens (including phenoxy) is 4. The van der Waals surface area contributed by atoms with Gasteiger partial charge in [-0.25, -0.2) is 0 Å². The minimum atomic E-state index is -0.525. The largest absolute Gasteiger partial charge is 0.495 e. The molecule has 2 aromatic carbocycles. The van der Waals surface area contributed by atoms with Crippen LogP contribution in [0.15, 0.2) is 40.2 Å². The first-order valence-electron chi connectivity index (χ1n) is 7.57. The highest BCUT2D eigenvalue weighted by atomic mass is 79.9. The number of methoxy groups -OCH3 is 1. The average Bonchev–Trinajstić information content (AvgIpc) is 3.05. The molecule has 1 atom stereocenters. The van der Waals surface area contributed by atoms with Gasteiger partial charge in [0.2, 0.25) is 12.7 Å². The van der Waals surface area contributed by atoms with Crippen LogP contribution in [-0.4, -0.2) is 13.9 Å². The van der Waals surface area contributed by atoms with E-state index >= 15 is 0 Å². The first kappa shape index (κ1) is 16.9. The SMILES string of the molecule is COc1c(Br)cc(Cl)cc1[C@H]1C(C#N)=C(N)Oc2cc3c(cc21)OCO3. The van der Waals surface area contributed by atoms with Crippen LogP contribution in [0.3, 0.4) is 0 Å². The van der Waals surface area contributed by atoms with Crippen molar-refractivity contribution in [2.24, 2.45) is 5.73 Å². The van der Waals surface area contributed by atoms with Crippen molar-refractivity contribution in [3.05, 3.63) is 56.3 Å². The highest BCUT2D eigenvalue weighted by molar-refractivity contribution is 9.10. The molecule has 0 unspecified atom stereocenters. The summed E-state index contributed by atoms with van der Waals surface area (Å²) in [4.78, 5) is 0. The lowest BCUT2D eigenvalue weighted by Crippen LogP contribution is -2.21. The van der Waals surface area contributed by atoms with Gasteiger partial charge in [-0.2, -0.15) is 5.26 Å². The first-order valence-corrected chi connectivity index (χ1v) is 8.74. The Kier molecular flexibility index (Phi) is 4.10. The zero-order chi connectivity index (χ0) is 18.4. The van der Waals surface area contributed by atoms with E-state index in [9.17, 15) is 5.26 Å². The fourth-order valence-corrected chi connectivity index (χ4v) is 4.17. The zero-order valence-corrected chi connectivity index (χ0v) is 15.8. The van der Waals surface area contributed by atoms with Crippen molar-refractivity contribution in [3.8, 4) is 29.1 Å². The minimum absolute atomic E-state index is 0.0296. The summed E-state index contributed by atoms with van der Waals surface area (Å²) in [7, 11) is 1.55. The second-order valence-electron chi connectivity index (χ2n) is 5.68. The lowest BCUT2D eigenvalue weighted by Gasteiger charge is -2.28. The molecule has 2 N–H and O–H groups in total. The number of nitrogens with zero attached hydrogens (tertiary/aromatic N) is 1. The molecule has 2 aliphatic heterocycles. The molecule has 0 fully saturated rings. The van der Waals surface area contributed by atoms with Gasteiger partial charge in [0, 0.05) is 22.2 Å². The fraction of sp³-hybridized carbons (Fsp3) is 0.167. The zero-order valence-electron chi connectivity index (χ0n) is 13.5. The standard InChI is InChI=1S/C18H12BrClN2O4/c1-23-17-10(2-8(20)3-12(17)19)16-9-4-14-15(25-7-24-14)5-13(9)26-18(22)11(16)6-21/h2-5,16H,7,22H2,1H3/t16-/m0/s1. The Balaban J connectivity index is 2.00. The highest BCUT2D eigenvalue weighted by Crippen LogP contribution is 2.50. The number of benzene rings is 2. The number of nitriles is 1. The van der Waals surface area contributed by atoms with Crippen LogP contribution in [0.4, 0.5) is 0 Å². The summed E-state index contributed by atoms with van der Waals surface area (Å²) in [5, 5.41) is 10.2. The maximum absolute atomic E-state index is 9.71. The molecular weight excluding hydrogens is 424 g/mol. The molecular formula is C18H12BrClN2O4. The van der Waals surface area contributed by atoms with Crippen molar-refractivity contribution < 1.29 is 18.9 Å². The Hall–Kier alpha value is -2.56. The van der Waals surface area contributed by atoms with Crippen molar-refractivity contribution in [3.63, 3.8) is 0 Å². The number of hydrogen-bond donors (Lipinski definition) is 1. The molecule has 0 saturated carbocycles. The normalized spacial score (nSPS) is 17.4. The Labute approximate surface area is 162 Å². The summed E-state index contributed by atoms with van der Waals surface area (Å²) in [5.74, 6) is 1.70. The second-order valence-corrected chi connectivity index (χ2v) is 6.97. The van der Waals surface area contributed by atoms with Crippen molar-refractivity contribution in [2.45, 2.75) is 5.92 Å². The van der Waals surface area contributed by atoms with Crippen LogP contribution in [-0.2, 0) is 0 Å². The second kappa shape index (κ2) is 6.31. The van der Waals surface area contributed by atoms with Gasteiger partial charge in [0.05, 0.1) is 17.5 Å². The Morgan fingerprint density at radius 2 is 1.92 bits per heavy atom. The van der Waals surface area contributed by atoms with E-state index in [0.29, 0.717) is 43.6 Å². The lowest BCUT2D eigenvalue weighted by atomic mass is 9.83. The molecule has 2 heterocycles. The Morgan fingerprint density at radius 1 is 1.19 bits per heavy atom. The number of fused-ring (bicyclic) bond motifs is 2. The number of nitrogens with two attached hydrogens (primary N) is 1. The average molecular weight is 436 g/mol. The molecule has 132 valence electrons. The summed E-state index contributed by atoms with van der Waals surface area (Å²) in [6.07, 6.45) is 0. The van der Waals surface area contributed by atoms with Crippen molar-refractivity contribution in [1.29, 1.82) is 5.26 Å². The lowest BCUT2D eigenvalue weighted by molar-refractivity contribution is 0.174. The van der Waals surface area contributed by atoms with E-state index in [2.05, 4.69) is 22.0 Å².